The maximum atomic E-state index is 15.0. The molecule has 9 heteroatoms. The summed E-state index contributed by atoms with van der Waals surface area (Å²) in [4.78, 5) is 25.2. The molecular weight excluding hydrogens is 437 g/mol. The van der Waals surface area contributed by atoms with E-state index < -0.39 is 5.82 Å². The number of ether oxygens (including phenoxy) is 2. The number of carbonyl (C=O) groups is 1. The van der Waals surface area contributed by atoms with Crippen LogP contribution in [0.3, 0.4) is 0 Å². The third kappa shape index (κ3) is 4.53. The van der Waals surface area contributed by atoms with Gasteiger partial charge in [0.15, 0.2) is 17.3 Å². The number of methoxy groups -OCH3 is 2. The predicted molar refractivity (Wildman–Crippen MR) is 129 cm³/mol. The Morgan fingerprint density at radius 3 is 2.47 bits per heavy atom. The van der Waals surface area contributed by atoms with E-state index >= 15 is 4.39 Å². The number of nitrogens with two attached hydrogens (primary N) is 1. The molecule has 2 aromatic carbocycles. The van der Waals surface area contributed by atoms with Crippen LogP contribution < -0.4 is 20.1 Å². The summed E-state index contributed by atoms with van der Waals surface area (Å²) < 4.78 is 25.4. The normalized spacial score (nSPS) is 13.6. The second-order valence-electron chi connectivity index (χ2n) is 7.94. The number of halogens is 1. The van der Waals surface area contributed by atoms with Gasteiger partial charge in [-0.3, -0.25) is 4.79 Å². The van der Waals surface area contributed by atoms with Crippen molar-refractivity contribution in [2.24, 2.45) is 0 Å². The van der Waals surface area contributed by atoms with Gasteiger partial charge in [-0.05, 0) is 30.2 Å². The third-order valence-corrected chi connectivity index (χ3v) is 5.96. The van der Waals surface area contributed by atoms with Crippen molar-refractivity contribution in [2.75, 3.05) is 51.0 Å². The molecule has 0 atom stereocenters. The van der Waals surface area contributed by atoms with Gasteiger partial charge in [-0.25, -0.2) is 9.37 Å². The standard InChI is InChI=1S/C25H26FN5O3/c1-4-16-5-7-17(8-6-16)9-10-20(32)30-11-13-31(14-12-30)25-28-22-18(24(27)29-25)15-19(33-2)23(34-3)21(22)26/h1,5-8,15H,9-14H2,2-3H3,(H2,27,28,29). The van der Waals surface area contributed by atoms with E-state index in [1.54, 1.807) is 6.07 Å². The Morgan fingerprint density at radius 2 is 1.85 bits per heavy atom. The van der Waals surface area contributed by atoms with E-state index in [0.717, 1.165) is 11.1 Å². The van der Waals surface area contributed by atoms with Crippen LogP contribution in [0.1, 0.15) is 17.5 Å². The number of hydrogen-bond donors (Lipinski definition) is 1. The van der Waals surface area contributed by atoms with Crippen molar-refractivity contribution in [2.45, 2.75) is 12.8 Å². The number of hydrogen-bond acceptors (Lipinski definition) is 7. The number of nitrogens with zero attached hydrogens (tertiary/aromatic N) is 4. The molecule has 2 heterocycles. The van der Waals surface area contributed by atoms with Crippen LogP contribution in [0, 0.1) is 18.2 Å². The zero-order valence-electron chi connectivity index (χ0n) is 19.2. The number of amides is 1. The van der Waals surface area contributed by atoms with Gasteiger partial charge < -0.3 is 25.0 Å². The van der Waals surface area contributed by atoms with Gasteiger partial charge in [0.2, 0.25) is 11.9 Å². The molecule has 1 aliphatic heterocycles. The topological polar surface area (TPSA) is 93.8 Å². The summed E-state index contributed by atoms with van der Waals surface area (Å²) >= 11 is 0. The first-order valence-electron chi connectivity index (χ1n) is 10.9. The van der Waals surface area contributed by atoms with Crippen LogP contribution in [-0.2, 0) is 11.2 Å². The van der Waals surface area contributed by atoms with Crippen LogP contribution in [0.5, 0.6) is 11.5 Å². The van der Waals surface area contributed by atoms with Crippen LogP contribution in [0.25, 0.3) is 10.9 Å². The average Bonchev–Trinajstić information content (AvgIpc) is 2.87. The molecule has 1 amide bonds. The lowest BCUT2D eigenvalue weighted by atomic mass is 10.1. The van der Waals surface area contributed by atoms with Gasteiger partial charge in [-0.1, -0.05) is 18.1 Å². The molecule has 0 spiro atoms. The molecule has 176 valence electrons. The minimum atomic E-state index is -0.656. The van der Waals surface area contributed by atoms with E-state index in [-0.39, 0.29) is 28.7 Å². The second kappa shape index (κ2) is 9.83. The lowest BCUT2D eigenvalue weighted by Crippen LogP contribution is -2.49. The van der Waals surface area contributed by atoms with Crippen molar-refractivity contribution in [1.29, 1.82) is 0 Å². The molecule has 0 saturated carbocycles. The number of rotatable bonds is 6. The van der Waals surface area contributed by atoms with Gasteiger partial charge >= 0.3 is 0 Å². The highest BCUT2D eigenvalue weighted by molar-refractivity contribution is 5.92. The van der Waals surface area contributed by atoms with E-state index in [0.29, 0.717) is 50.4 Å². The maximum Gasteiger partial charge on any atom is 0.228 e. The lowest BCUT2D eigenvalue weighted by Gasteiger charge is -2.35. The van der Waals surface area contributed by atoms with Crippen LogP contribution in [0.4, 0.5) is 16.2 Å². The zero-order chi connectivity index (χ0) is 24.2. The van der Waals surface area contributed by atoms with E-state index in [1.165, 1.54) is 14.2 Å². The molecule has 8 nitrogen and oxygen atoms in total. The van der Waals surface area contributed by atoms with Gasteiger partial charge in [0.05, 0.1) is 14.2 Å². The fraction of sp³-hybridized carbons (Fsp3) is 0.320. The third-order valence-electron chi connectivity index (χ3n) is 5.96. The Balaban J connectivity index is 1.43. The molecular formula is C25H26FN5O3. The SMILES string of the molecule is C#Cc1ccc(CCC(=O)N2CCN(c3nc(N)c4cc(OC)c(OC)c(F)c4n3)CC2)cc1. The number of nitrogen functional groups attached to an aromatic ring is 1. The van der Waals surface area contributed by atoms with Crippen LogP contribution >= 0.6 is 0 Å². The Labute approximate surface area is 197 Å². The van der Waals surface area contributed by atoms with Crippen molar-refractivity contribution < 1.29 is 18.7 Å². The highest BCUT2D eigenvalue weighted by Gasteiger charge is 2.25. The average molecular weight is 464 g/mol. The van der Waals surface area contributed by atoms with Gasteiger partial charge in [-0.15, -0.1) is 6.42 Å². The van der Waals surface area contributed by atoms with Gasteiger partial charge in [-0.2, -0.15) is 4.98 Å². The number of piperazine rings is 1. The molecule has 1 fully saturated rings. The number of fused-ring (bicyclic) bond motifs is 1. The summed E-state index contributed by atoms with van der Waals surface area (Å²) in [5.74, 6) is 2.66. The molecule has 0 bridgehead atoms. The molecule has 34 heavy (non-hydrogen) atoms. The molecule has 3 aromatic rings. The molecule has 2 N–H and O–H groups in total. The van der Waals surface area contributed by atoms with E-state index in [4.69, 9.17) is 21.6 Å². The molecule has 1 saturated heterocycles. The first-order chi connectivity index (χ1) is 16.4. The Morgan fingerprint density at radius 1 is 1.15 bits per heavy atom. The number of aryl methyl sites for hydroxylation is 1. The minimum Gasteiger partial charge on any atom is -0.493 e. The number of terminal acetylenes is 1. The fourth-order valence-corrected chi connectivity index (χ4v) is 4.01. The smallest absolute Gasteiger partial charge is 0.228 e. The van der Waals surface area contributed by atoms with Crippen molar-refractivity contribution in [3.63, 3.8) is 0 Å². The van der Waals surface area contributed by atoms with E-state index in [2.05, 4.69) is 15.9 Å². The summed E-state index contributed by atoms with van der Waals surface area (Å²) in [6.07, 6.45) is 6.45. The summed E-state index contributed by atoms with van der Waals surface area (Å²) in [7, 11) is 2.78. The summed E-state index contributed by atoms with van der Waals surface area (Å²) in [5.41, 5.74) is 8.07. The molecule has 1 aromatic heterocycles. The highest BCUT2D eigenvalue weighted by Crippen LogP contribution is 2.37. The van der Waals surface area contributed by atoms with Crippen LogP contribution in [-0.4, -0.2) is 61.2 Å². The second-order valence-corrected chi connectivity index (χ2v) is 7.94. The highest BCUT2D eigenvalue weighted by atomic mass is 19.1. The molecule has 1 aliphatic rings. The molecule has 0 radical (unpaired) electrons. The Hall–Kier alpha value is -4.06. The predicted octanol–water partition coefficient (Wildman–Crippen LogP) is 2.63. The van der Waals surface area contributed by atoms with Crippen molar-refractivity contribution in [1.82, 2.24) is 14.9 Å². The number of anilines is 2. The number of aromatic nitrogens is 2. The quantitative estimate of drug-likeness (QED) is 0.562. The fourth-order valence-electron chi connectivity index (χ4n) is 4.01. The minimum absolute atomic E-state index is 0.0385. The lowest BCUT2D eigenvalue weighted by molar-refractivity contribution is -0.131. The molecule has 0 unspecified atom stereocenters. The Kier molecular flexibility index (Phi) is 6.68. The van der Waals surface area contributed by atoms with Crippen molar-refractivity contribution in [3.05, 3.63) is 47.3 Å². The van der Waals surface area contributed by atoms with Crippen molar-refractivity contribution in [3.8, 4) is 23.8 Å². The van der Waals surface area contributed by atoms with Crippen molar-refractivity contribution >= 4 is 28.6 Å². The van der Waals surface area contributed by atoms with E-state index in [9.17, 15) is 4.79 Å². The first-order valence-corrected chi connectivity index (χ1v) is 10.9. The van der Waals surface area contributed by atoms with Crippen LogP contribution in [0.15, 0.2) is 30.3 Å². The monoisotopic (exact) mass is 463 g/mol. The van der Waals surface area contributed by atoms with Crippen LogP contribution in [0.2, 0.25) is 0 Å². The number of benzene rings is 2. The van der Waals surface area contributed by atoms with Gasteiger partial charge in [0, 0.05) is 43.5 Å². The summed E-state index contributed by atoms with van der Waals surface area (Å²) in [6.45, 7) is 2.07. The largest absolute Gasteiger partial charge is 0.493 e. The van der Waals surface area contributed by atoms with Gasteiger partial charge in [0.25, 0.3) is 0 Å². The van der Waals surface area contributed by atoms with Gasteiger partial charge in [0.1, 0.15) is 11.3 Å². The Bertz CT molecular complexity index is 1250. The summed E-state index contributed by atoms with van der Waals surface area (Å²) in [6, 6.07) is 9.22. The van der Waals surface area contributed by atoms with E-state index in [1.807, 2.05) is 34.1 Å². The molecule has 4 rings (SSSR count). The molecule has 0 aliphatic carbocycles. The maximum absolute atomic E-state index is 15.0. The zero-order valence-corrected chi connectivity index (χ0v) is 19.2. The number of carbonyl (C=O) groups excluding carboxylic acids is 1. The summed E-state index contributed by atoms with van der Waals surface area (Å²) in [5, 5.41) is 0.350. The first kappa shape index (κ1) is 23.1.